The maximum absolute atomic E-state index is 13.0. The van der Waals surface area contributed by atoms with Gasteiger partial charge in [-0.25, -0.2) is 9.78 Å². The van der Waals surface area contributed by atoms with Gasteiger partial charge in [0, 0.05) is 59.6 Å². The van der Waals surface area contributed by atoms with Crippen LogP contribution in [0.4, 0.5) is 10.6 Å². The molecule has 2 atom stereocenters. The molecule has 2 fully saturated rings. The van der Waals surface area contributed by atoms with Crippen LogP contribution in [0.1, 0.15) is 65.0 Å². The van der Waals surface area contributed by atoms with E-state index >= 15 is 0 Å². The average Bonchev–Trinajstić information content (AvgIpc) is 3.46. The average molecular weight is 539 g/mol. The van der Waals surface area contributed by atoms with Crippen molar-refractivity contribution in [3.8, 4) is 22.4 Å². The minimum absolute atomic E-state index is 0.111. The quantitative estimate of drug-likeness (QED) is 0.339. The minimum atomic E-state index is -0.528. The Hall–Kier alpha value is -4.27. The van der Waals surface area contributed by atoms with E-state index in [-0.39, 0.29) is 30.0 Å². The van der Waals surface area contributed by atoms with Crippen LogP contribution in [0.2, 0.25) is 0 Å². The summed E-state index contributed by atoms with van der Waals surface area (Å²) in [6, 6.07) is 16.2. The van der Waals surface area contributed by atoms with Crippen LogP contribution in [0.25, 0.3) is 28.0 Å². The van der Waals surface area contributed by atoms with Gasteiger partial charge in [0.05, 0.1) is 11.9 Å². The number of ether oxygens (including phenoxy) is 1. The van der Waals surface area contributed by atoms with Crippen LogP contribution in [0.15, 0.2) is 60.9 Å². The van der Waals surface area contributed by atoms with Gasteiger partial charge in [0.25, 0.3) is 0 Å². The van der Waals surface area contributed by atoms with Gasteiger partial charge in [0.15, 0.2) is 5.65 Å². The van der Waals surface area contributed by atoms with E-state index in [1.54, 1.807) is 10.7 Å². The van der Waals surface area contributed by atoms with E-state index in [9.17, 15) is 9.59 Å². The molecule has 3 aromatic heterocycles. The van der Waals surface area contributed by atoms with Crippen molar-refractivity contribution in [3.05, 3.63) is 66.6 Å². The Labute approximate surface area is 233 Å². The van der Waals surface area contributed by atoms with Crippen LogP contribution in [-0.4, -0.2) is 54.2 Å². The van der Waals surface area contributed by atoms with Gasteiger partial charge in [-0.15, -0.1) is 0 Å². The summed E-state index contributed by atoms with van der Waals surface area (Å²) in [7, 11) is 0. The van der Waals surface area contributed by atoms with E-state index in [0.717, 1.165) is 53.8 Å². The Bertz CT molecular complexity index is 1540. The third-order valence-corrected chi connectivity index (χ3v) is 7.70. The first-order valence-electron chi connectivity index (χ1n) is 13.9. The van der Waals surface area contributed by atoms with Crippen LogP contribution < -0.4 is 5.32 Å². The second kappa shape index (κ2) is 10.0. The predicted molar refractivity (Wildman–Crippen MR) is 153 cm³/mol. The summed E-state index contributed by atoms with van der Waals surface area (Å²) in [5.74, 6) is 0.550. The lowest BCUT2D eigenvalue weighted by Crippen LogP contribution is -2.48. The molecule has 1 N–H and O–H groups in total. The van der Waals surface area contributed by atoms with Crippen LogP contribution in [0.5, 0.6) is 0 Å². The van der Waals surface area contributed by atoms with E-state index in [4.69, 9.17) is 9.72 Å². The molecule has 9 heteroatoms. The number of pyridine rings is 1. The topological polar surface area (TPSA) is 102 Å². The van der Waals surface area contributed by atoms with E-state index in [1.807, 2.05) is 80.4 Å². The number of fused-ring (bicyclic) bond motifs is 3. The zero-order valence-corrected chi connectivity index (χ0v) is 23.3. The monoisotopic (exact) mass is 538 g/mol. The Morgan fingerprint density at radius 2 is 1.70 bits per heavy atom. The number of nitrogens with one attached hydrogen (secondary N) is 1. The minimum Gasteiger partial charge on any atom is -0.444 e. The highest BCUT2D eigenvalue weighted by Gasteiger charge is 2.45. The van der Waals surface area contributed by atoms with Crippen molar-refractivity contribution in [2.75, 3.05) is 5.32 Å². The molecular weight excluding hydrogens is 504 g/mol. The fraction of sp³-hybridized carbons (Fsp3) is 0.387. The second-order valence-corrected chi connectivity index (χ2v) is 11.8. The number of benzene rings is 1. The van der Waals surface area contributed by atoms with Gasteiger partial charge in [0.1, 0.15) is 11.4 Å². The van der Waals surface area contributed by atoms with Crippen molar-refractivity contribution in [2.24, 2.45) is 0 Å². The molecule has 0 aliphatic carbocycles. The molecule has 9 nitrogen and oxygen atoms in total. The molecule has 5 heterocycles. The first kappa shape index (κ1) is 26.0. The third-order valence-electron chi connectivity index (χ3n) is 7.70. The molecule has 0 saturated carbocycles. The van der Waals surface area contributed by atoms with Gasteiger partial charge in [0.2, 0.25) is 5.91 Å². The summed E-state index contributed by atoms with van der Waals surface area (Å²) in [6.07, 6.45) is 6.89. The summed E-state index contributed by atoms with van der Waals surface area (Å²) < 4.78 is 7.39. The number of piperidine rings is 1. The Morgan fingerprint density at radius 1 is 0.975 bits per heavy atom. The number of carbonyl (C=O) groups is 2. The number of amides is 2. The van der Waals surface area contributed by atoms with Crippen molar-refractivity contribution in [3.63, 3.8) is 0 Å². The molecule has 2 aliphatic rings. The molecule has 6 rings (SSSR count). The standard InChI is InChI=1S/C31H34N6O3/c1-19(38)34-28-16-27(22-14-23-11-12-24(15-22)36(23)30(39)40-31(2,3)4)35-29-25(18-33-37(28)29)21-10-13-26(32-17-21)20-8-6-5-7-9-20/h5-10,13,16-18,22-24H,11-12,14-15H2,1-4H3,(H,34,38). The number of nitrogens with zero attached hydrogens (tertiary/aromatic N) is 5. The molecule has 4 aromatic rings. The molecule has 2 aliphatic heterocycles. The summed E-state index contributed by atoms with van der Waals surface area (Å²) in [6.45, 7) is 7.19. The van der Waals surface area contributed by atoms with Crippen molar-refractivity contribution in [1.82, 2.24) is 24.5 Å². The van der Waals surface area contributed by atoms with Crippen LogP contribution in [0.3, 0.4) is 0 Å². The van der Waals surface area contributed by atoms with Gasteiger partial charge in [-0.2, -0.15) is 9.61 Å². The highest BCUT2D eigenvalue weighted by molar-refractivity contribution is 5.89. The molecule has 206 valence electrons. The lowest BCUT2D eigenvalue weighted by atomic mass is 9.88. The summed E-state index contributed by atoms with van der Waals surface area (Å²) >= 11 is 0. The Morgan fingerprint density at radius 3 is 2.33 bits per heavy atom. The lowest BCUT2D eigenvalue weighted by Gasteiger charge is -2.39. The summed E-state index contributed by atoms with van der Waals surface area (Å²) in [5, 5.41) is 7.50. The van der Waals surface area contributed by atoms with Crippen molar-refractivity contribution in [2.45, 2.75) is 77.0 Å². The molecule has 40 heavy (non-hydrogen) atoms. The van der Waals surface area contributed by atoms with E-state index in [2.05, 4.69) is 15.4 Å². The molecular formula is C31H34N6O3. The number of hydrogen-bond acceptors (Lipinski definition) is 6. The normalized spacial score (nSPS) is 20.5. The van der Waals surface area contributed by atoms with Gasteiger partial charge in [-0.05, 0) is 52.5 Å². The Balaban J connectivity index is 1.33. The van der Waals surface area contributed by atoms with Crippen molar-refractivity contribution < 1.29 is 14.3 Å². The highest BCUT2D eigenvalue weighted by atomic mass is 16.6. The van der Waals surface area contributed by atoms with Gasteiger partial charge >= 0.3 is 6.09 Å². The molecule has 2 amide bonds. The zero-order chi connectivity index (χ0) is 28.0. The number of rotatable bonds is 4. The predicted octanol–water partition coefficient (Wildman–Crippen LogP) is 6.06. The van der Waals surface area contributed by atoms with Gasteiger partial charge in [-0.1, -0.05) is 36.4 Å². The fourth-order valence-electron chi connectivity index (χ4n) is 6.03. The van der Waals surface area contributed by atoms with Crippen molar-refractivity contribution in [1.29, 1.82) is 0 Å². The largest absolute Gasteiger partial charge is 0.444 e. The summed E-state index contributed by atoms with van der Waals surface area (Å²) in [4.78, 5) is 36.8. The fourth-order valence-corrected chi connectivity index (χ4v) is 6.03. The molecule has 0 radical (unpaired) electrons. The highest BCUT2D eigenvalue weighted by Crippen LogP contribution is 2.44. The number of hydrogen-bond donors (Lipinski definition) is 1. The third kappa shape index (κ3) is 5.03. The number of carbonyl (C=O) groups excluding carboxylic acids is 2. The molecule has 2 saturated heterocycles. The maximum Gasteiger partial charge on any atom is 0.410 e. The molecule has 1 aromatic carbocycles. The lowest BCUT2D eigenvalue weighted by molar-refractivity contribution is -0.114. The van der Waals surface area contributed by atoms with E-state index < -0.39 is 5.60 Å². The SMILES string of the molecule is CC(=O)Nc1cc(C2CC3CCC(C2)N3C(=O)OC(C)(C)C)nc2c(-c3ccc(-c4ccccc4)nc3)cnn12. The van der Waals surface area contributed by atoms with Crippen LogP contribution in [-0.2, 0) is 9.53 Å². The van der Waals surface area contributed by atoms with Crippen LogP contribution >= 0.6 is 0 Å². The van der Waals surface area contributed by atoms with Gasteiger partial charge in [-0.3, -0.25) is 9.78 Å². The smallest absolute Gasteiger partial charge is 0.410 e. The zero-order valence-electron chi connectivity index (χ0n) is 23.3. The number of aromatic nitrogens is 4. The molecule has 2 bridgehead atoms. The van der Waals surface area contributed by atoms with Crippen LogP contribution in [0, 0.1) is 0 Å². The van der Waals surface area contributed by atoms with Gasteiger partial charge < -0.3 is 15.0 Å². The first-order valence-corrected chi connectivity index (χ1v) is 13.9. The number of anilines is 1. The maximum atomic E-state index is 13.0. The first-order chi connectivity index (χ1) is 19.2. The van der Waals surface area contributed by atoms with E-state index in [1.165, 1.54) is 6.92 Å². The van der Waals surface area contributed by atoms with Crippen molar-refractivity contribution >= 4 is 23.5 Å². The molecule has 0 spiro atoms. The summed E-state index contributed by atoms with van der Waals surface area (Å²) in [5.41, 5.74) is 4.71. The molecule has 2 unspecified atom stereocenters. The Kier molecular flexibility index (Phi) is 6.52. The van der Waals surface area contributed by atoms with E-state index in [0.29, 0.717) is 11.5 Å². The second-order valence-electron chi connectivity index (χ2n) is 11.8.